The number of hydrogen-bond acceptors (Lipinski definition) is 11. The Hall–Kier alpha value is -2.81. The van der Waals surface area contributed by atoms with E-state index in [0.29, 0.717) is 17.8 Å². The molecule has 2 unspecified atom stereocenters. The summed E-state index contributed by atoms with van der Waals surface area (Å²) in [6.45, 7) is 8.55. The first-order valence-corrected chi connectivity index (χ1v) is 13.9. The van der Waals surface area contributed by atoms with Crippen molar-refractivity contribution in [3.63, 3.8) is 0 Å². The van der Waals surface area contributed by atoms with Gasteiger partial charge >= 0.3 is 24.4 Å². The maximum Gasteiger partial charge on any atom is 0.373 e. The molecule has 0 bridgehead atoms. The predicted molar refractivity (Wildman–Crippen MR) is 132 cm³/mol. The quantitative estimate of drug-likeness (QED) is 0.475. The molecular weight excluding hydrogens is 540 g/mol. The summed E-state index contributed by atoms with van der Waals surface area (Å²) >= 11 is 0. The van der Waals surface area contributed by atoms with Gasteiger partial charge in [-0.1, -0.05) is 25.5 Å². The van der Waals surface area contributed by atoms with Gasteiger partial charge in [-0.3, -0.25) is 0 Å². The number of aliphatic carboxylic acids is 1. The van der Waals surface area contributed by atoms with Gasteiger partial charge in [0.1, 0.15) is 0 Å². The van der Waals surface area contributed by atoms with Crippen LogP contribution >= 0.6 is 0 Å². The lowest BCUT2D eigenvalue weighted by Gasteiger charge is -2.59. The van der Waals surface area contributed by atoms with Crippen molar-refractivity contribution in [3.05, 3.63) is 11.6 Å². The van der Waals surface area contributed by atoms with Crippen LogP contribution in [-0.2, 0) is 52.5 Å². The number of fused-ring (bicyclic) bond motifs is 5. The number of ether oxygens (including phenoxy) is 4. The van der Waals surface area contributed by atoms with E-state index in [1.807, 2.05) is 6.92 Å². The second-order valence-corrected chi connectivity index (χ2v) is 12.2. The van der Waals surface area contributed by atoms with E-state index >= 15 is 0 Å². The third kappa shape index (κ3) is 6.06. The summed E-state index contributed by atoms with van der Waals surface area (Å²) in [6, 6.07) is 0. The molecule has 5 fully saturated rings. The van der Waals surface area contributed by atoms with Crippen molar-refractivity contribution in [1.82, 2.24) is 0 Å². The Morgan fingerprint density at radius 1 is 0.854 bits per heavy atom. The highest BCUT2D eigenvalue weighted by Crippen LogP contribution is 2.68. The normalized spacial score (nSPS) is 41.0. The number of carboxylic acids is 1. The smallest absolute Gasteiger partial charge is 0.373 e. The zero-order chi connectivity index (χ0) is 30.5. The molecule has 8 atom stereocenters. The maximum absolute atomic E-state index is 11.5. The molecule has 2 heterocycles. The predicted octanol–water partition coefficient (Wildman–Crippen LogP) is 2.77. The average Bonchev–Trinajstić information content (AvgIpc) is 3.64. The van der Waals surface area contributed by atoms with Crippen molar-refractivity contribution in [2.75, 3.05) is 19.8 Å². The molecule has 0 aromatic rings. The summed E-state index contributed by atoms with van der Waals surface area (Å²) in [5.41, 5.74) is 1.96. The molecule has 6 rings (SSSR count). The molecule has 0 radical (unpaired) electrons. The van der Waals surface area contributed by atoms with Crippen LogP contribution in [0.3, 0.4) is 0 Å². The lowest BCUT2D eigenvalue weighted by Crippen LogP contribution is -2.54. The number of allylic oxidation sites excluding steroid dienone is 1. The van der Waals surface area contributed by atoms with E-state index in [4.69, 9.17) is 47.7 Å². The van der Waals surface area contributed by atoms with E-state index in [2.05, 4.69) is 19.9 Å². The second kappa shape index (κ2) is 13.0. The van der Waals surface area contributed by atoms with E-state index < -0.39 is 17.9 Å². The lowest BCUT2D eigenvalue weighted by atomic mass is 9.47. The summed E-state index contributed by atoms with van der Waals surface area (Å²) in [4.78, 5) is 60.2. The highest BCUT2D eigenvalue weighted by molar-refractivity contribution is 5.72. The SMILES string of the molecule is CC1([C@H]2CC[C@H]3[C@@H]4CC=C5CC6(CC[C@]5(C)[C@H]4CC[C@]23C)OCCO6)OCC(C(=O)O)O1.O=C=O.O=C=O.O=C=O. The zero-order valence-electron chi connectivity index (χ0n) is 23.7. The van der Waals surface area contributed by atoms with Crippen molar-refractivity contribution in [1.29, 1.82) is 0 Å². The Morgan fingerprint density at radius 3 is 2.02 bits per heavy atom. The van der Waals surface area contributed by atoms with Gasteiger partial charge < -0.3 is 24.1 Å². The Labute approximate surface area is 238 Å². The maximum atomic E-state index is 11.5. The van der Waals surface area contributed by atoms with Crippen molar-refractivity contribution in [3.8, 4) is 0 Å². The fourth-order valence-corrected chi connectivity index (χ4v) is 9.11. The van der Waals surface area contributed by atoms with Gasteiger partial charge in [-0.2, -0.15) is 28.8 Å². The summed E-state index contributed by atoms with van der Waals surface area (Å²) in [6.07, 6.45) is 11.3. The molecule has 226 valence electrons. The second-order valence-electron chi connectivity index (χ2n) is 12.2. The standard InChI is InChI=1S/C26H38O6.3CO2/c1-23-10-11-26(29-12-13-30-26)14-16(23)4-5-17-18-6-7-21(24(18,2)9-8-19(17)23)25(3)31-15-20(32-25)22(27)28;3*2-1-3/h4,17-21H,5-15H2,1-3H3,(H,27,28);;;/t17-,18-,19-,20?,21-,23-,24-,25?;;;/m0.../s1. The van der Waals surface area contributed by atoms with Gasteiger partial charge in [0.25, 0.3) is 0 Å². The highest BCUT2D eigenvalue weighted by Gasteiger charge is 2.64. The van der Waals surface area contributed by atoms with Crippen LogP contribution in [0.15, 0.2) is 11.6 Å². The molecule has 3 saturated carbocycles. The van der Waals surface area contributed by atoms with Crippen LogP contribution in [0.2, 0.25) is 0 Å². The van der Waals surface area contributed by atoms with Crippen molar-refractivity contribution in [2.24, 2.45) is 34.5 Å². The molecule has 6 aliphatic rings. The average molecular weight is 579 g/mol. The zero-order valence-corrected chi connectivity index (χ0v) is 23.7. The highest BCUT2D eigenvalue weighted by atomic mass is 16.8. The Balaban J connectivity index is 0.000000459. The monoisotopic (exact) mass is 578 g/mol. The molecule has 1 N–H and O–H groups in total. The minimum Gasteiger partial charge on any atom is -0.479 e. The largest absolute Gasteiger partial charge is 0.479 e. The van der Waals surface area contributed by atoms with Crippen LogP contribution in [0.1, 0.15) is 72.1 Å². The lowest BCUT2D eigenvalue weighted by molar-refractivity contribution is -0.225. The summed E-state index contributed by atoms with van der Waals surface area (Å²) < 4.78 is 24.3. The van der Waals surface area contributed by atoms with Gasteiger partial charge in [0.05, 0.1) is 19.8 Å². The number of carbonyl (C=O) groups excluding carboxylic acids is 6. The number of rotatable bonds is 2. The van der Waals surface area contributed by atoms with Gasteiger partial charge in [-0.15, -0.1) is 0 Å². The summed E-state index contributed by atoms with van der Waals surface area (Å²) in [7, 11) is 0. The van der Waals surface area contributed by atoms with E-state index in [0.717, 1.165) is 45.3 Å². The fraction of sp³-hybridized carbons (Fsp3) is 0.793. The Kier molecular flexibility index (Phi) is 10.4. The number of carbonyl (C=O) groups is 1. The van der Waals surface area contributed by atoms with Gasteiger partial charge in [-0.25, -0.2) is 4.79 Å². The van der Waals surface area contributed by atoms with Crippen LogP contribution < -0.4 is 0 Å². The summed E-state index contributed by atoms with van der Waals surface area (Å²) in [5, 5.41) is 9.42. The third-order valence-corrected chi connectivity index (χ3v) is 10.7. The molecule has 12 nitrogen and oxygen atoms in total. The van der Waals surface area contributed by atoms with Crippen molar-refractivity contribution < 1.29 is 57.6 Å². The van der Waals surface area contributed by atoms with Crippen LogP contribution in [-0.4, -0.2) is 67.0 Å². The summed E-state index contributed by atoms with van der Waals surface area (Å²) in [5.74, 6) is 0.234. The van der Waals surface area contributed by atoms with Crippen LogP contribution in [0.5, 0.6) is 0 Å². The first kappa shape index (κ1) is 32.7. The molecule has 41 heavy (non-hydrogen) atoms. The van der Waals surface area contributed by atoms with E-state index in [1.165, 1.54) is 19.3 Å². The Morgan fingerprint density at radius 2 is 1.46 bits per heavy atom. The fourth-order valence-electron chi connectivity index (χ4n) is 9.11. The molecule has 0 aromatic carbocycles. The molecule has 0 amide bonds. The molecule has 1 spiro atoms. The molecule has 4 aliphatic carbocycles. The first-order chi connectivity index (χ1) is 19.4. The number of carboxylic acid groups (broad SMARTS) is 1. The molecular formula is C29H38O12. The molecule has 0 aromatic heterocycles. The topological polar surface area (TPSA) is 177 Å². The van der Waals surface area contributed by atoms with Crippen LogP contribution in [0, 0.1) is 34.5 Å². The van der Waals surface area contributed by atoms with E-state index in [-0.39, 0.29) is 47.6 Å². The first-order valence-electron chi connectivity index (χ1n) is 13.9. The third-order valence-electron chi connectivity index (χ3n) is 10.7. The van der Waals surface area contributed by atoms with Gasteiger partial charge in [-0.05, 0) is 74.0 Å². The van der Waals surface area contributed by atoms with E-state index in [1.54, 1.807) is 5.57 Å². The Bertz CT molecular complexity index is 1060. The van der Waals surface area contributed by atoms with Crippen molar-refractivity contribution in [2.45, 2.75) is 89.8 Å². The molecule has 2 saturated heterocycles. The van der Waals surface area contributed by atoms with Gasteiger partial charge in [0, 0.05) is 18.8 Å². The molecule has 12 heteroatoms. The minimum absolute atomic E-state index is 0.137. The van der Waals surface area contributed by atoms with E-state index in [9.17, 15) is 9.90 Å². The number of hydrogen-bond donors (Lipinski definition) is 1. The van der Waals surface area contributed by atoms with Crippen LogP contribution in [0.4, 0.5) is 0 Å². The molecule has 2 aliphatic heterocycles. The van der Waals surface area contributed by atoms with Gasteiger partial charge in [0.15, 0.2) is 17.7 Å². The van der Waals surface area contributed by atoms with Crippen molar-refractivity contribution >= 4 is 24.4 Å². The van der Waals surface area contributed by atoms with Gasteiger partial charge in [0.2, 0.25) is 0 Å². The minimum atomic E-state index is -0.916. The van der Waals surface area contributed by atoms with Crippen LogP contribution in [0.25, 0.3) is 0 Å².